The van der Waals surface area contributed by atoms with Gasteiger partial charge < -0.3 is 20.2 Å². The van der Waals surface area contributed by atoms with Gasteiger partial charge in [0.05, 0.1) is 0 Å². The number of amidine groups is 1. The Morgan fingerprint density at radius 3 is 2.32 bits per heavy atom. The maximum Gasteiger partial charge on any atom is 0.253 e. The number of unbranched alkanes of at least 4 members (excludes halogenated alkanes) is 1. The van der Waals surface area contributed by atoms with Gasteiger partial charge in [0.2, 0.25) is 5.91 Å². The first-order valence-electron chi connectivity index (χ1n) is 13.2. The van der Waals surface area contributed by atoms with Crippen molar-refractivity contribution in [3.63, 3.8) is 0 Å². The van der Waals surface area contributed by atoms with Crippen molar-refractivity contribution in [2.75, 3.05) is 45.7 Å². The minimum Gasteiger partial charge on any atom is -0.396 e. The van der Waals surface area contributed by atoms with E-state index in [1.807, 2.05) is 61.3 Å². The largest absolute Gasteiger partial charge is 0.396 e. The molecule has 0 radical (unpaired) electrons. The van der Waals surface area contributed by atoms with E-state index in [4.69, 9.17) is 0 Å². The average molecular weight is 505 g/mol. The summed E-state index contributed by atoms with van der Waals surface area (Å²) in [4.78, 5) is 34.0. The average Bonchev–Trinajstić information content (AvgIpc) is 3.12. The molecule has 0 aliphatic carbocycles. The highest BCUT2D eigenvalue weighted by molar-refractivity contribution is 6.10. The number of amides is 2. The van der Waals surface area contributed by atoms with Crippen LogP contribution in [-0.4, -0.2) is 72.9 Å². The first-order valence-corrected chi connectivity index (χ1v) is 13.2. The highest BCUT2D eigenvalue weighted by Crippen LogP contribution is 2.31. The zero-order valence-corrected chi connectivity index (χ0v) is 22.6. The zero-order valence-electron chi connectivity index (χ0n) is 22.6. The van der Waals surface area contributed by atoms with Crippen LogP contribution in [0.1, 0.15) is 61.9 Å². The van der Waals surface area contributed by atoms with Crippen LogP contribution in [0.2, 0.25) is 0 Å². The molecule has 37 heavy (non-hydrogen) atoms. The summed E-state index contributed by atoms with van der Waals surface area (Å²) in [5.74, 6) is 0.746. The third-order valence-electron chi connectivity index (χ3n) is 6.59. The van der Waals surface area contributed by atoms with Crippen molar-refractivity contribution in [1.29, 1.82) is 0 Å². The van der Waals surface area contributed by atoms with E-state index in [1.54, 1.807) is 11.9 Å². The number of anilines is 1. The summed E-state index contributed by atoms with van der Waals surface area (Å²) in [5.41, 5.74) is 5.20. The van der Waals surface area contributed by atoms with Crippen LogP contribution in [0, 0.1) is 0 Å². The van der Waals surface area contributed by atoms with Crippen molar-refractivity contribution in [3.05, 3.63) is 59.2 Å². The second-order valence-electron chi connectivity index (χ2n) is 9.47. The van der Waals surface area contributed by atoms with E-state index in [2.05, 4.69) is 23.3 Å². The molecule has 0 atom stereocenters. The fraction of sp³-hybridized carbons (Fsp3) is 0.433. The number of aliphatic hydroxyl groups excluding tert-OH is 1. The maximum absolute atomic E-state index is 13.4. The molecule has 2 amide bonds. The lowest BCUT2D eigenvalue weighted by Crippen LogP contribution is -2.34. The molecule has 1 heterocycles. The molecule has 2 aromatic rings. The molecular weight excluding hydrogens is 464 g/mol. The Balaban J connectivity index is 1.87. The minimum absolute atomic E-state index is 0.0145. The van der Waals surface area contributed by atoms with Crippen LogP contribution in [0.3, 0.4) is 0 Å². The molecule has 1 aliphatic heterocycles. The Bertz CT molecular complexity index is 1140. The van der Waals surface area contributed by atoms with Gasteiger partial charge in [-0.25, -0.2) is 0 Å². The second-order valence-corrected chi connectivity index (χ2v) is 9.47. The number of aliphatic hydroxyl groups is 1. The van der Waals surface area contributed by atoms with Gasteiger partial charge in [-0.3, -0.25) is 14.6 Å². The third kappa shape index (κ3) is 7.29. The number of hydrogen-bond acceptors (Lipinski definition) is 4. The molecule has 2 aromatic carbocycles. The highest BCUT2D eigenvalue weighted by atomic mass is 16.3. The first kappa shape index (κ1) is 28.1. The zero-order chi connectivity index (χ0) is 26.8. The molecule has 7 nitrogen and oxygen atoms in total. The molecule has 0 saturated heterocycles. The van der Waals surface area contributed by atoms with Crippen LogP contribution >= 0.6 is 0 Å². The van der Waals surface area contributed by atoms with E-state index in [9.17, 15) is 14.7 Å². The lowest BCUT2D eigenvalue weighted by atomic mass is 10.00. The third-order valence-corrected chi connectivity index (χ3v) is 6.59. The van der Waals surface area contributed by atoms with Gasteiger partial charge in [0, 0.05) is 63.6 Å². The van der Waals surface area contributed by atoms with Gasteiger partial charge in [-0.1, -0.05) is 44.5 Å². The fourth-order valence-corrected chi connectivity index (χ4v) is 4.43. The molecular formula is C30H40N4O3. The molecule has 0 spiro atoms. The Labute approximate surface area is 220 Å². The number of hydrogen-bond donors (Lipinski definition) is 2. The van der Waals surface area contributed by atoms with Crippen molar-refractivity contribution >= 4 is 29.4 Å². The summed E-state index contributed by atoms with van der Waals surface area (Å²) < 4.78 is 0. The molecule has 3 rings (SSSR count). The van der Waals surface area contributed by atoms with Crippen LogP contribution in [0.25, 0.3) is 17.2 Å². The second kappa shape index (κ2) is 13.7. The number of carbonyl (C=O) groups excluding carboxylic acids is 2. The maximum atomic E-state index is 13.4. The van der Waals surface area contributed by atoms with Crippen LogP contribution in [0.15, 0.2) is 53.0 Å². The van der Waals surface area contributed by atoms with Crippen molar-refractivity contribution in [2.45, 2.75) is 46.0 Å². The number of benzene rings is 2. The van der Waals surface area contributed by atoms with Crippen LogP contribution in [0.4, 0.5) is 5.69 Å². The van der Waals surface area contributed by atoms with Crippen molar-refractivity contribution in [3.8, 4) is 11.1 Å². The smallest absolute Gasteiger partial charge is 0.253 e. The van der Waals surface area contributed by atoms with Crippen LogP contribution in [-0.2, 0) is 4.79 Å². The lowest BCUT2D eigenvalue weighted by molar-refractivity contribution is -0.127. The number of fused-ring (bicyclic) bond motifs is 1. The predicted octanol–water partition coefficient (Wildman–Crippen LogP) is 5.07. The Morgan fingerprint density at radius 1 is 0.946 bits per heavy atom. The molecule has 1 aliphatic rings. The topological polar surface area (TPSA) is 85.2 Å². The van der Waals surface area contributed by atoms with Gasteiger partial charge >= 0.3 is 0 Å². The number of nitrogens with zero attached hydrogens (tertiary/aromatic N) is 3. The Hall–Kier alpha value is -3.45. The van der Waals surface area contributed by atoms with Crippen molar-refractivity contribution < 1.29 is 14.7 Å². The fourth-order valence-electron chi connectivity index (χ4n) is 4.43. The van der Waals surface area contributed by atoms with Crippen LogP contribution in [0.5, 0.6) is 0 Å². The van der Waals surface area contributed by atoms with Gasteiger partial charge in [-0.15, -0.1) is 0 Å². The van der Waals surface area contributed by atoms with Gasteiger partial charge in [-0.05, 0) is 60.2 Å². The van der Waals surface area contributed by atoms with Crippen molar-refractivity contribution in [2.24, 2.45) is 4.99 Å². The van der Waals surface area contributed by atoms with E-state index in [0.717, 1.165) is 54.0 Å². The Morgan fingerprint density at radius 2 is 1.68 bits per heavy atom. The van der Waals surface area contributed by atoms with Gasteiger partial charge in [0.1, 0.15) is 5.84 Å². The minimum atomic E-state index is -0.0145. The van der Waals surface area contributed by atoms with Gasteiger partial charge in [0.15, 0.2) is 0 Å². The predicted molar refractivity (Wildman–Crippen MR) is 152 cm³/mol. The molecule has 0 aromatic heterocycles. The quantitative estimate of drug-likeness (QED) is 0.447. The van der Waals surface area contributed by atoms with Gasteiger partial charge in [0.25, 0.3) is 5.91 Å². The molecule has 0 bridgehead atoms. The van der Waals surface area contributed by atoms with E-state index < -0.39 is 0 Å². The summed E-state index contributed by atoms with van der Waals surface area (Å²) in [6.07, 6.45) is 5.83. The molecule has 2 N–H and O–H groups in total. The van der Waals surface area contributed by atoms with Crippen molar-refractivity contribution in [1.82, 2.24) is 9.80 Å². The molecule has 0 saturated carbocycles. The number of rotatable bonds is 11. The summed E-state index contributed by atoms with van der Waals surface area (Å²) in [6, 6.07) is 13.8. The van der Waals surface area contributed by atoms with E-state index in [0.29, 0.717) is 37.1 Å². The lowest BCUT2D eigenvalue weighted by Gasteiger charge is -2.23. The first-order chi connectivity index (χ1) is 17.9. The normalized spacial score (nSPS) is 13.9. The number of nitrogens with one attached hydrogen (secondary N) is 1. The summed E-state index contributed by atoms with van der Waals surface area (Å²) in [7, 11) is 3.57. The molecule has 0 fully saturated rings. The molecule has 0 unspecified atom stereocenters. The summed E-state index contributed by atoms with van der Waals surface area (Å²) >= 11 is 0. The highest BCUT2D eigenvalue weighted by Gasteiger charge is 2.22. The number of aliphatic imine (C=N–C) groups is 1. The molecule has 7 heteroatoms. The van der Waals surface area contributed by atoms with E-state index in [1.165, 1.54) is 0 Å². The summed E-state index contributed by atoms with van der Waals surface area (Å²) in [5, 5.41) is 12.7. The molecule has 198 valence electrons. The number of carbonyl (C=O) groups is 2. The Kier molecular flexibility index (Phi) is 10.4. The standard InChI is InChI=1S/C30H40N4O3/c1-5-7-16-33(4)29(36)23-11-9-22(10-12-23)24-13-14-25-19-26(21-28(31-3)32-27(25)20-24)30(37)34(15-6-2)17-8-18-35/h9-14,19-20,35H,5-8,15-18,21H2,1-4H3,(H,31,32). The van der Waals surface area contributed by atoms with E-state index in [-0.39, 0.29) is 18.4 Å². The van der Waals surface area contributed by atoms with Gasteiger partial charge in [-0.2, -0.15) is 0 Å². The monoisotopic (exact) mass is 504 g/mol. The van der Waals surface area contributed by atoms with E-state index >= 15 is 0 Å². The van der Waals surface area contributed by atoms with Crippen LogP contribution < -0.4 is 5.32 Å². The SMILES string of the molecule is CCCCN(C)C(=O)c1ccc(-c2ccc3c(c2)NC(=NC)CC(C(=O)N(CCC)CCCO)=C3)cc1. The summed E-state index contributed by atoms with van der Waals surface area (Å²) in [6.45, 7) is 6.17.